The van der Waals surface area contributed by atoms with Crippen LogP contribution in [-0.2, 0) is 23.0 Å². The van der Waals surface area contributed by atoms with E-state index in [0.717, 1.165) is 21.5 Å². The number of rotatable bonds is 4. The zero-order valence-electron chi connectivity index (χ0n) is 14.2. The first-order valence-electron chi connectivity index (χ1n) is 8.32. The molecule has 1 amide bonds. The molecule has 1 aliphatic heterocycles. The van der Waals surface area contributed by atoms with Gasteiger partial charge in [0.1, 0.15) is 5.69 Å². The van der Waals surface area contributed by atoms with Crippen molar-refractivity contribution >= 4 is 43.3 Å². The van der Waals surface area contributed by atoms with Crippen LogP contribution in [0.4, 0.5) is 5.13 Å². The Balaban J connectivity index is 1.52. The first-order chi connectivity index (χ1) is 12.5. The van der Waals surface area contributed by atoms with E-state index in [2.05, 4.69) is 15.3 Å². The molecular formula is C17H18N4O3S2. The van der Waals surface area contributed by atoms with Crippen molar-refractivity contribution in [3.8, 4) is 0 Å². The van der Waals surface area contributed by atoms with Gasteiger partial charge in [0.25, 0.3) is 5.91 Å². The van der Waals surface area contributed by atoms with E-state index in [1.54, 1.807) is 13.0 Å². The Morgan fingerprint density at radius 3 is 2.96 bits per heavy atom. The molecule has 1 aliphatic rings. The predicted molar refractivity (Wildman–Crippen MR) is 102 cm³/mol. The number of benzene rings is 1. The number of sulfonamides is 1. The fraction of sp³-hybridized carbons (Fsp3) is 0.294. The summed E-state index contributed by atoms with van der Waals surface area (Å²) in [7, 11) is -3.22. The van der Waals surface area contributed by atoms with Crippen molar-refractivity contribution in [2.45, 2.75) is 19.9 Å². The van der Waals surface area contributed by atoms with Crippen LogP contribution in [0.1, 0.15) is 28.0 Å². The van der Waals surface area contributed by atoms with E-state index in [-0.39, 0.29) is 11.7 Å². The minimum atomic E-state index is -3.22. The summed E-state index contributed by atoms with van der Waals surface area (Å²) in [6.45, 7) is 2.40. The molecule has 4 rings (SSSR count). The van der Waals surface area contributed by atoms with Crippen LogP contribution in [0.5, 0.6) is 0 Å². The monoisotopic (exact) mass is 390 g/mol. The number of carbonyl (C=O) groups is 1. The number of fused-ring (bicyclic) bond motifs is 2. The average molecular weight is 390 g/mol. The van der Waals surface area contributed by atoms with Gasteiger partial charge in [-0.15, -0.1) is 11.3 Å². The van der Waals surface area contributed by atoms with E-state index in [1.165, 1.54) is 15.6 Å². The highest BCUT2D eigenvalue weighted by atomic mass is 32.2. The summed E-state index contributed by atoms with van der Waals surface area (Å²) in [6.07, 6.45) is 0.563. The van der Waals surface area contributed by atoms with Crippen molar-refractivity contribution in [3.63, 3.8) is 0 Å². The second-order valence-corrected chi connectivity index (χ2v) is 9.44. The highest BCUT2D eigenvalue weighted by molar-refractivity contribution is 7.89. The van der Waals surface area contributed by atoms with Crippen molar-refractivity contribution in [3.05, 3.63) is 46.6 Å². The third kappa shape index (κ3) is 3.13. The normalized spacial score (nSPS) is 15.1. The van der Waals surface area contributed by atoms with Crippen LogP contribution in [0.3, 0.4) is 0 Å². The summed E-state index contributed by atoms with van der Waals surface area (Å²) >= 11 is 1.33. The quantitative estimate of drug-likeness (QED) is 0.716. The molecule has 0 radical (unpaired) electrons. The molecule has 2 N–H and O–H groups in total. The fourth-order valence-corrected chi connectivity index (χ4v) is 5.17. The fourth-order valence-electron chi connectivity index (χ4n) is 3.01. The minimum Gasteiger partial charge on any atom is -0.351 e. The number of hydrogen-bond acceptors (Lipinski definition) is 5. The summed E-state index contributed by atoms with van der Waals surface area (Å²) < 4.78 is 25.6. The summed E-state index contributed by atoms with van der Waals surface area (Å²) in [4.78, 5) is 20.9. The van der Waals surface area contributed by atoms with Gasteiger partial charge in [-0.3, -0.25) is 10.1 Å². The van der Waals surface area contributed by atoms with Crippen molar-refractivity contribution in [1.82, 2.24) is 14.3 Å². The van der Waals surface area contributed by atoms with E-state index in [9.17, 15) is 13.2 Å². The van der Waals surface area contributed by atoms with Crippen LogP contribution >= 0.6 is 11.3 Å². The lowest BCUT2D eigenvalue weighted by molar-refractivity contribution is 0.102. The smallest absolute Gasteiger partial charge is 0.273 e. The van der Waals surface area contributed by atoms with E-state index in [4.69, 9.17) is 0 Å². The molecule has 0 spiro atoms. The Kier molecular flexibility index (Phi) is 4.29. The highest BCUT2D eigenvalue weighted by Crippen LogP contribution is 2.30. The molecular weight excluding hydrogens is 372 g/mol. The average Bonchev–Trinajstić information content (AvgIpc) is 3.24. The highest BCUT2D eigenvalue weighted by Gasteiger charge is 2.28. The molecule has 0 atom stereocenters. The first kappa shape index (κ1) is 17.2. The molecule has 0 unspecified atom stereocenters. The van der Waals surface area contributed by atoms with Crippen LogP contribution in [0, 0.1) is 0 Å². The lowest BCUT2D eigenvalue weighted by atomic mass is 10.2. The molecule has 136 valence electrons. The number of para-hydroxylation sites is 1. The van der Waals surface area contributed by atoms with Crippen molar-refractivity contribution in [1.29, 1.82) is 0 Å². The maximum absolute atomic E-state index is 12.5. The van der Waals surface area contributed by atoms with Crippen LogP contribution in [0.15, 0.2) is 30.3 Å². The molecule has 26 heavy (non-hydrogen) atoms. The van der Waals surface area contributed by atoms with Crippen LogP contribution in [0.25, 0.3) is 10.9 Å². The molecule has 0 bridgehead atoms. The first-order valence-corrected chi connectivity index (χ1v) is 10.7. The lowest BCUT2D eigenvalue weighted by Gasteiger charge is -2.24. The van der Waals surface area contributed by atoms with E-state index in [0.29, 0.717) is 30.3 Å². The number of carbonyl (C=O) groups excluding carboxylic acids is 1. The SMILES string of the molecule is CCS(=O)(=O)N1CCc2nc(NC(=O)c3cc4ccccc4[nH]3)sc2C1. The number of hydrogen-bond donors (Lipinski definition) is 2. The molecule has 3 aromatic rings. The zero-order valence-corrected chi connectivity index (χ0v) is 15.8. The third-order valence-electron chi connectivity index (χ3n) is 4.45. The van der Waals surface area contributed by atoms with Gasteiger partial charge in [0, 0.05) is 35.3 Å². The topological polar surface area (TPSA) is 95.2 Å². The number of anilines is 1. The largest absolute Gasteiger partial charge is 0.351 e. The molecule has 0 saturated heterocycles. The Morgan fingerprint density at radius 1 is 1.38 bits per heavy atom. The summed E-state index contributed by atoms with van der Waals surface area (Å²) in [5.74, 6) is -0.171. The molecule has 9 heteroatoms. The number of aromatic amines is 1. The number of H-pyrrole nitrogens is 1. The van der Waals surface area contributed by atoms with Gasteiger partial charge in [0.05, 0.1) is 11.4 Å². The summed E-state index contributed by atoms with van der Waals surface area (Å²) in [5, 5.41) is 4.28. The van der Waals surface area contributed by atoms with Crippen molar-refractivity contribution < 1.29 is 13.2 Å². The molecule has 0 saturated carbocycles. The maximum Gasteiger partial charge on any atom is 0.273 e. The van der Waals surface area contributed by atoms with Gasteiger partial charge >= 0.3 is 0 Å². The Hall–Kier alpha value is -2.23. The Morgan fingerprint density at radius 2 is 2.19 bits per heavy atom. The van der Waals surface area contributed by atoms with Crippen molar-refractivity contribution in [2.75, 3.05) is 17.6 Å². The molecule has 1 aromatic carbocycles. The minimum absolute atomic E-state index is 0.0884. The van der Waals surface area contributed by atoms with Crippen molar-refractivity contribution in [2.24, 2.45) is 0 Å². The number of aromatic nitrogens is 2. The molecule has 0 aliphatic carbocycles. The zero-order chi connectivity index (χ0) is 18.3. The van der Waals surface area contributed by atoms with E-state index >= 15 is 0 Å². The Labute approximate surface area is 155 Å². The number of nitrogens with zero attached hydrogens (tertiary/aromatic N) is 2. The van der Waals surface area contributed by atoms with Crippen LogP contribution in [-0.4, -0.2) is 40.9 Å². The second kappa shape index (κ2) is 6.49. The number of thiazole rings is 1. The van der Waals surface area contributed by atoms with Gasteiger partial charge < -0.3 is 4.98 Å². The van der Waals surface area contributed by atoms with Gasteiger partial charge in [-0.1, -0.05) is 18.2 Å². The summed E-state index contributed by atoms with van der Waals surface area (Å²) in [5.41, 5.74) is 2.23. The number of nitrogens with one attached hydrogen (secondary N) is 2. The molecule has 0 fully saturated rings. The van der Waals surface area contributed by atoms with Gasteiger partial charge in [0.15, 0.2) is 5.13 Å². The summed E-state index contributed by atoms with van der Waals surface area (Å²) in [6, 6.07) is 9.48. The van der Waals surface area contributed by atoms with E-state index in [1.807, 2.05) is 24.3 Å². The molecule has 3 heterocycles. The van der Waals surface area contributed by atoms with Gasteiger partial charge in [-0.2, -0.15) is 4.31 Å². The van der Waals surface area contributed by atoms with Gasteiger partial charge in [0.2, 0.25) is 10.0 Å². The van der Waals surface area contributed by atoms with Crippen LogP contribution in [0.2, 0.25) is 0 Å². The number of amides is 1. The lowest BCUT2D eigenvalue weighted by Crippen LogP contribution is -2.36. The Bertz CT molecular complexity index is 1050. The van der Waals surface area contributed by atoms with Gasteiger partial charge in [-0.05, 0) is 19.1 Å². The second-order valence-electron chi connectivity index (χ2n) is 6.10. The van der Waals surface area contributed by atoms with Gasteiger partial charge in [-0.25, -0.2) is 13.4 Å². The molecule has 7 nitrogen and oxygen atoms in total. The van der Waals surface area contributed by atoms with Crippen LogP contribution < -0.4 is 5.32 Å². The standard InChI is InChI=1S/C17H18N4O3S2/c1-2-26(23,24)21-8-7-13-15(10-21)25-17(19-13)20-16(22)14-9-11-5-3-4-6-12(11)18-14/h3-6,9,18H,2,7-8,10H2,1H3,(H,19,20,22). The third-order valence-corrected chi connectivity index (χ3v) is 7.28. The maximum atomic E-state index is 12.5. The molecule has 2 aromatic heterocycles. The predicted octanol–water partition coefficient (Wildman–Crippen LogP) is 2.58. The van der Waals surface area contributed by atoms with E-state index < -0.39 is 10.0 Å².